The number of rotatable bonds is 17. The summed E-state index contributed by atoms with van der Waals surface area (Å²) < 4.78 is 0. The van der Waals surface area contributed by atoms with E-state index in [-0.39, 0.29) is 37.2 Å². The third-order valence-corrected chi connectivity index (χ3v) is 5.79. The van der Waals surface area contributed by atoms with Crippen LogP contribution in [0.3, 0.4) is 0 Å². The number of unbranched alkanes of at least 4 members (excludes halogenated alkanes) is 1. The molecule has 13 nitrogen and oxygen atoms in total. The first kappa shape index (κ1) is 31.7. The molecular weight excluding hydrogens is 504 g/mol. The zero-order valence-corrected chi connectivity index (χ0v) is 21.3. The lowest BCUT2D eigenvalue weighted by atomic mass is 10.0. The van der Waals surface area contributed by atoms with Gasteiger partial charge in [-0.2, -0.15) is 12.6 Å². The van der Waals surface area contributed by atoms with Gasteiger partial charge in [0.25, 0.3) is 0 Å². The van der Waals surface area contributed by atoms with E-state index in [9.17, 15) is 34.2 Å². The molecule has 4 unspecified atom stereocenters. The molecule has 37 heavy (non-hydrogen) atoms. The maximum absolute atomic E-state index is 13.0. The summed E-state index contributed by atoms with van der Waals surface area (Å²) in [4.78, 5) is 60.8. The molecule has 1 rings (SSSR count). The Morgan fingerprint density at radius 3 is 1.97 bits per heavy atom. The molecule has 0 spiro atoms. The first-order valence-electron chi connectivity index (χ1n) is 11.7. The molecule has 1 aromatic rings. The minimum atomic E-state index is -1.31. The summed E-state index contributed by atoms with van der Waals surface area (Å²) in [5, 5.41) is 26.3. The van der Waals surface area contributed by atoms with Crippen LogP contribution in [-0.2, 0) is 30.4 Å². The van der Waals surface area contributed by atoms with E-state index in [1.807, 2.05) is 0 Å². The Bertz CT molecular complexity index is 931. The predicted octanol–water partition coefficient (Wildman–Crippen LogP) is -1.87. The van der Waals surface area contributed by atoms with Gasteiger partial charge >= 0.3 is 5.97 Å². The minimum Gasteiger partial charge on any atom is -0.508 e. The van der Waals surface area contributed by atoms with Crippen LogP contribution in [0.1, 0.15) is 37.7 Å². The molecule has 206 valence electrons. The van der Waals surface area contributed by atoms with Crippen molar-refractivity contribution in [1.82, 2.24) is 16.0 Å². The van der Waals surface area contributed by atoms with Gasteiger partial charge in [0.05, 0.1) is 6.04 Å². The van der Waals surface area contributed by atoms with Crippen LogP contribution in [0.4, 0.5) is 0 Å². The van der Waals surface area contributed by atoms with Crippen molar-refractivity contribution < 1.29 is 34.2 Å². The SMILES string of the molecule is NCCCCC(NC(=O)C(N)CCC(N)=O)C(=O)NC(CS)C(=O)NC(Cc1ccc(O)cc1)C(=O)O. The molecule has 0 saturated carbocycles. The molecule has 0 aliphatic carbocycles. The number of carbonyl (C=O) groups is 5. The number of primary amides is 1. The molecule has 4 atom stereocenters. The zero-order valence-electron chi connectivity index (χ0n) is 20.4. The van der Waals surface area contributed by atoms with Gasteiger partial charge in [-0.1, -0.05) is 12.1 Å². The maximum atomic E-state index is 13.0. The highest BCUT2D eigenvalue weighted by molar-refractivity contribution is 7.80. The van der Waals surface area contributed by atoms with Gasteiger partial charge in [0, 0.05) is 18.6 Å². The third kappa shape index (κ3) is 11.9. The molecular formula is C23H36N6O7S. The number of hydrogen-bond donors (Lipinski definition) is 9. The molecule has 0 aliphatic rings. The Hall–Kier alpha value is -3.36. The Kier molecular flexibility index (Phi) is 14.0. The van der Waals surface area contributed by atoms with Gasteiger partial charge in [-0.25, -0.2) is 4.79 Å². The minimum absolute atomic E-state index is 0.00240. The maximum Gasteiger partial charge on any atom is 0.326 e. The van der Waals surface area contributed by atoms with Gasteiger partial charge in [-0.05, 0) is 49.9 Å². The molecule has 0 aliphatic heterocycles. The lowest BCUT2D eigenvalue weighted by Crippen LogP contribution is -2.57. The Labute approximate surface area is 220 Å². The lowest BCUT2D eigenvalue weighted by Gasteiger charge is -2.24. The summed E-state index contributed by atoms with van der Waals surface area (Å²) in [7, 11) is 0. The summed E-state index contributed by atoms with van der Waals surface area (Å²) >= 11 is 4.10. The van der Waals surface area contributed by atoms with Gasteiger partial charge in [0.1, 0.15) is 23.9 Å². The average molecular weight is 541 g/mol. The number of nitrogens with one attached hydrogen (secondary N) is 3. The van der Waals surface area contributed by atoms with Gasteiger partial charge < -0.3 is 43.4 Å². The van der Waals surface area contributed by atoms with Crippen LogP contribution in [0, 0.1) is 0 Å². The van der Waals surface area contributed by atoms with E-state index in [1.165, 1.54) is 24.3 Å². The number of carboxylic acid groups (broad SMARTS) is 1. The van der Waals surface area contributed by atoms with E-state index < -0.39 is 53.8 Å². The molecule has 0 radical (unpaired) electrons. The molecule has 0 heterocycles. The standard InChI is InChI=1S/C23H36N6O7S/c24-10-2-1-3-16(27-20(32)15(25)8-9-19(26)31)21(33)29-18(12-37)22(34)28-17(23(35)36)11-13-4-6-14(30)7-5-13/h4-7,15-18,30,37H,1-3,8-12,24-25H2,(H2,26,31)(H,27,32)(H,28,34)(H,29,33)(H,35,36). The van der Waals surface area contributed by atoms with E-state index in [2.05, 4.69) is 28.6 Å². The van der Waals surface area contributed by atoms with Gasteiger partial charge in [0.15, 0.2) is 0 Å². The second-order valence-electron chi connectivity index (χ2n) is 8.47. The van der Waals surface area contributed by atoms with Crippen LogP contribution in [0.5, 0.6) is 5.75 Å². The van der Waals surface area contributed by atoms with E-state index in [4.69, 9.17) is 17.2 Å². The number of carboxylic acids is 1. The van der Waals surface area contributed by atoms with Crippen molar-refractivity contribution in [2.45, 2.75) is 62.7 Å². The number of aromatic hydroxyl groups is 1. The second-order valence-corrected chi connectivity index (χ2v) is 8.84. The van der Waals surface area contributed by atoms with E-state index in [0.717, 1.165) is 0 Å². The van der Waals surface area contributed by atoms with Crippen molar-refractivity contribution >= 4 is 42.2 Å². The fourth-order valence-corrected chi connectivity index (χ4v) is 3.53. The average Bonchev–Trinajstić information content (AvgIpc) is 2.85. The number of thiol groups is 1. The number of phenols is 1. The number of amides is 4. The monoisotopic (exact) mass is 540 g/mol. The number of phenolic OH excluding ortho intramolecular Hbond substituents is 1. The Morgan fingerprint density at radius 2 is 1.43 bits per heavy atom. The fraction of sp³-hybridized carbons (Fsp3) is 0.522. The fourth-order valence-electron chi connectivity index (χ4n) is 3.28. The molecule has 0 aromatic heterocycles. The van der Waals surface area contributed by atoms with Crippen molar-refractivity contribution in [2.24, 2.45) is 17.2 Å². The molecule has 1 aromatic carbocycles. The summed E-state index contributed by atoms with van der Waals surface area (Å²) in [5.74, 6) is -4.17. The van der Waals surface area contributed by atoms with Crippen molar-refractivity contribution in [2.75, 3.05) is 12.3 Å². The quantitative estimate of drug-likeness (QED) is 0.0792. The number of hydrogen-bond acceptors (Lipinski definition) is 9. The highest BCUT2D eigenvalue weighted by atomic mass is 32.1. The van der Waals surface area contributed by atoms with Crippen LogP contribution >= 0.6 is 12.6 Å². The number of benzene rings is 1. The second kappa shape index (κ2) is 16.4. The van der Waals surface area contributed by atoms with Crippen LogP contribution in [0.15, 0.2) is 24.3 Å². The van der Waals surface area contributed by atoms with Crippen molar-refractivity contribution in [3.8, 4) is 5.75 Å². The predicted molar refractivity (Wildman–Crippen MR) is 138 cm³/mol. The molecule has 14 heteroatoms. The largest absolute Gasteiger partial charge is 0.508 e. The lowest BCUT2D eigenvalue weighted by molar-refractivity contribution is -0.142. The highest BCUT2D eigenvalue weighted by Gasteiger charge is 2.29. The van der Waals surface area contributed by atoms with Crippen molar-refractivity contribution in [1.29, 1.82) is 0 Å². The van der Waals surface area contributed by atoms with Crippen LogP contribution in [-0.4, -0.2) is 76.3 Å². The van der Waals surface area contributed by atoms with E-state index in [1.54, 1.807) is 0 Å². The van der Waals surface area contributed by atoms with E-state index in [0.29, 0.717) is 24.9 Å². The number of aliphatic carboxylic acids is 1. The summed E-state index contributed by atoms with van der Waals surface area (Å²) in [5.41, 5.74) is 16.9. The summed E-state index contributed by atoms with van der Waals surface area (Å²) in [6.07, 6.45) is 1.12. The Balaban J connectivity index is 2.87. The van der Waals surface area contributed by atoms with Crippen molar-refractivity contribution in [3.05, 3.63) is 29.8 Å². The Morgan fingerprint density at radius 1 is 0.865 bits per heavy atom. The zero-order chi connectivity index (χ0) is 28.0. The smallest absolute Gasteiger partial charge is 0.326 e. The molecule has 4 amide bonds. The molecule has 0 saturated heterocycles. The van der Waals surface area contributed by atoms with Crippen LogP contribution < -0.4 is 33.2 Å². The highest BCUT2D eigenvalue weighted by Crippen LogP contribution is 2.12. The van der Waals surface area contributed by atoms with Crippen LogP contribution in [0.2, 0.25) is 0 Å². The number of nitrogens with two attached hydrogens (primary N) is 3. The number of carbonyl (C=O) groups excluding carboxylic acids is 4. The first-order chi connectivity index (χ1) is 17.5. The summed E-state index contributed by atoms with van der Waals surface area (Å²) in [6.45, 7) is 0.375. The summed E-state index contributed by atoms with van der Waals surface area (Å²) in [6, 6.07) is 1.21. The molecule has 11 N–H and O–H groups in total. The third-order valence-electron chi connectivity index (χ3n) is 5.42. The topological polar surface area (TPSA) is 240 Å². The molecule has 0 bridgehead atoms. The van der Waals surface area contributed by atoms with E-state index >= 15 is 0 Å². The van der Waals surface area contributed by atoms with Crippen molar-refractivity contribution in [3.63, 3.8) is 0 Å². The van der Waals surface area contributed by atoms with Gasteiger partial charge in [-0.15, -0.1) is 0 Å². The first-order valence-corrected chi connectivity index (χ1v) is 12.4. The normalized spacial score (nSPS) is 14.0. The van der Waals surface area contributed by atoms with Gasteiger partial charge in [0.2, 0.25) is 23.6 Å². The van der Waals surface area contributed by atoms with Gasteiger partial charge in [-0.3, -0.25) is 19.2 Å². The molecule has 0 fully saturated rings. The van der Waals surface area contributed by atoms with Crippen LogP contribution in [0.25, 0.3) is 0 Å².